The van der Waals surface area contributed by atoms with Crippen LogP contribution in [0.4, 0.5) is 5.69 Å². The summed E-state index contributed by atoms with van der Waals surface area (Å²) in [6, 6.07) is 18.8. The number of hydrogen-bond donors (Lipinski definition) is 2. The number of benzene rings is 2. The number of nitrogens with two attached hydrogens (primary N) is 1. The van der Waals surface area contributed by atoms with Crippen molar-refractivity contribution in [3.8, 4) is 5.75 Å². The molecule has 0 aliphatic rings. The van der Waals surface area contributed by atoms with Gasteiger partial charge >= 0.3 is 0 Å². The molecule has 2 aromatic carbocycles. The van der Waals surface area contributed by atoms with E-state index in [1.165, 1.54) is 18.3 Å². The second kappa shape index (κ2) is 7.98. The fourth-order valence-electron chi connectivity index (χ4n) is 2.41. The van der Waals surface area contributed by atoms with Crippen molar-refractivity contribution < 1.29 is 17.9 Å². The number of hydrogen-bond acceptors (Lipinski definition) is 5. The summed E-state index contributed by atoms with van der Waals surface area (Å²) >= 11 is 0. The lowest BCUT2D eigenvalue weighted by molar-refractivity contribution is 0.103. The Morgan fingerprint density at radius 1 is 1.04 bits per heavy atom. The highest BCUT2D eigenvalue weighted by atomic mass is 32.2. The molecule has 0 unspecified atom stereocenters. The number of nitrogens with one attached hydrogen (secondary N) is 1. The third kappa shape index (κ3) is 5.13. The fourth-order valence-corrected chi connectivity index (χ4v) is 2.88. The minimum absolute atomic E-state index is 0.0789. The van der Waals surface area contributed by atoms with Crippen LogP contribution in [0.2, 0.25) is 0 Å². The standard InChI is InChI=1S/C19H17N3O4S/c20-27(24,25)22-17-12-15(19(23)16-8-4-5-11-21-16)9-10-18(17)26-13-14-6-2-1-3-7-14/h1-12,22H,13H2,(H2,20,24,25). The Morgan fingerprint density at radius 3 is 2.44 bits per heavy atom. The van der Waals surface area contributed by atoms with Gasteiger partial charge in [-0.2, -0.15) is 8.42 Å². The zero-order valence-electron chi connectivity index (χ0n) is 14.2. The number of pyridine rings is 1. The van der Waals surface area contributed by atoms with Gasteiger partial charge in [0.2, 0.25) is 5.78 Å². The van der Waals surface area contributed by atoms with Crippen LogP contribution in [0.3, 0.4) is 0 Å². The molecule has 8 heteroatoms. The largest absolute Gasteiger partial charge is 0.487 e. The second-order valence-electron chi connectivity index (χ2n) is 5.68. The van der Waals surface area contributed by atoms with Crippen LogP contribution in [0.5, 0.6) is 5.75 Å². The van der Waals surface area contributed by atoms with Crippen molar-refractivity contribution in [3.63, 3.8) is 0 Å². The molecular weight excluding hydrogens is 366 g/mol. The van der Waals surface area contributed by atoms with Crippen LogP contribution in [0.15, 0.2) is 72.9 Å². The van der Waals surface area contributed by atoms with E-state index in [0.717, 1.165) is 5.56 Å². The van der Waals surface area contributed by atoms with E-state index in [-0.39, 0.29) is 35.1 Å². The van der Waals surface area contributed by atoms with Gasteiger partial charge in [-0.3, -0.25) is 14.5 Å². The van der Waals surface area contributed by atoms with Crippen LogP contribution < -0.4 is 14.6 Å². The Morgan fingerprint density at radius 2 is 1.78 bits per heavy atom. The molecule has 0 bridgehead atoms. The summed E-state index contributed by atoms with van der Waals surface area (Å²) in [5.74, 6) is -0.0897. The molecule has 0 radical (unpaired) electrons. The van der Waals surface area contributed by atoms with E-state index in [0.29, 0.717) is 0 Å². The number of ketones is 1. The monoisotopic (exact) mass is 383 g/mol. The van der Waals surface area contributed by atoms with Crippen LogP contribution in [-0.4, -0.2) is 19.2 Å². The zero-order valence-corrected chi connectivity index (χ0v) is 15.0. The van der Waals surface area contributed by atoms with Gasteiger partial charge in [0.15, 0.2) is 0 Å². The normalized spacial score (nSPS) is 11.0. The molecule has 0 saturated heterocycles. The van der Waals surface area contributed by atoms with Crippen molar-refractivity contribution in [2.45, 2.75) is 6.61 Å². The lowest BCUT2D eigenvalue weighted by atomic mass is 10.1. The first-order valence-corrected chi connectivity index (χ1v) is 9.54. The minimum Gasteiger partial charge on any atom is -0.487 e. The van der Waals surface area contributed by atoms with Crippen molar-refractivity contribution >= 4 is 21.7 Å². The molecule has 0 amide bonds. The highest BCUT2D eigenvalue weighted by Crippen LogP contribution is 2.28. The number of rotatable bonds is 7. The first kappa shape index (κ1) is 18.6. The van der Waals surface area contributed by atoms with E-state index in [4.69, 9.17) is 9.88 Å². The quantitative estimate of drug-likeness (QED) is 0.609. The van der Waals surface area contributed by atoms with Crippen LogP contribution in [0.1, 0.15) is 21.6 Å². The van der Waals surface area contributed by atoms with Gasteiger partial charge in [0, 0.05) is 11.8 Å². The third-order valence-electron chi connectivity index (χ3n) is 3.63. The summed E-state index contributed by atoms with van der Waals surface area (Å²) in [5, 5.41) is 5.09. The fraction of sp³-hybridized carbons (Fsp3) is 0.0526. The van der Waals surface area contributed by atoms with Crippen LogP contribution in [0.25, 0.3) is 0 Å². The zero-order chi connectivity index (χ0) is 19.3. The number of carbonyl (C=O) groups excluding carboxylic acids is 1. The topological polar surface area (TPSA) is 111 Å². The second-order valence-corrected chi connectivity index (χ2v) is 6.97. The Labute approximate surface area is 157 Å². The molecule has 0 aliphatic carbocycles. The van der Waals surface area contributed by atoms with Crippen LogP contribution in [0, 0.1) is 0 Å². The minimum atomic E-state index is -4.05. The van der Waals surface area contributed by atoms with Crippen molar-refractivity contribution in [3.05, 3.63) is 89.7 Å². The van der Waals surface area contributed by atoms with Crippen LogP contribution >= 0.6 is 0 Å². The molecule has 3 aromatic rings. The maximum Gasteiger partial charge on any atom is 0.296 e. The van der Waals surface area contributed by atoms with E-state index in [1.54, 1.807) is 24.3 Å². The summed E-state index contributed by atoms with van der Waals surface area (Å²) in [6.45, 7) is 0.230. The first-order chi connectivity index (χ1) is 12.9. The highest BCUT2D eigenvalue weighted by molar-refractivity contribution is 7.90. The van der Waals surface area contributed by atoms with Gasteiger partial charge in [-0.25, -0.2) is 5.14 Å². The molecule has 0 saturated carbocycles. The summed E-state index contributed by atoms with van der Waals surface area (Å²) in [6.07, 6.45) is 1.51. The Kier molecular flexibility index (Phi) is 5.49. The lowest BCUT2D eigenvalue weighted by Gasteiger charge is -2.13. The molecular formula is C19H17N3O4S. The molecule has 27 heavy (non-hydrogen) atoms. The summed E-state index contributed by atoms with van der Waals surface area (Å²) < 4.78 is 30.9. The van der Waals surface area contributed by atoms with E-state index in [9.17, 15) is 13.2 Å². The summed E-state index contributed by atoms with van der Waals surface area (Å²) in [5.41, 5.74) is 1.49. The number of nitrogens with zero attached hydrogens (tertiary/aromatic N) is 1. The van der Waals surface area contributed by atoms with Crippen molar-refractivity contribution in [1.82, 2.24) is 4.98 Å². The van der Waals surface area contributed by atoms with Gasteiger partial charge < -0.3 is 4.74 Å². The number of anilines is 1. The molecule has 0 fully saturated rings. The Balaban J connectivity index is 1.90. The molecule has 1 heterocycles. The van der Waals surface area contributed by atoms with Gasteiger partial charge in [-0.15, -0.1) is 0 Å². The predicted molar refractivity (Wildman–Crippen MR) is 102 cm³/mol. The van der Waals surface area contributed by atoms with Crippen molar-refractivity contribution in [2.24, 2.45) is 5.14 Å². The smallest absolute Gasteiger partial charge is 0.296 e. The van der Waals surface area contributed by atoms with Crippen molar-refractivity contribution in [2.75, 3.05) is 4.72 Å². The van der Waals surface area contributed by atoms with Crippen molar-refractivity contribution in [1.29, 1.82) is 0 Å². The summed E-state index contributed by atoms with van der Waals surface area (Å²) in [7, 11) is -4.05. The highest BCUT2D eigenvalue weighted by Gasteiger charge is 2.16. The Bertz CT molecular complexity index is 1040. The van der Waals surface area contributed by atoms with Gasteiger partial charge in [-0.05, 0) is 35.9 Å². The summed E-state index contributed by atoms with van der Waals surface area (Å²) in [4.78, 5) is 16.6. The molecule has 7 nitrogen and oxygen atoms in total. The molecule has 0 spiro atoms. The van der Waals surface area contributed by atoms with E-state index in [1.807, 2.05) is 30.3 Å². The molecule has 3 N–H and O–H groups in total. The molecule has 3 rings (SSSR count). The maximum atomic E-state index is 12.5. The number of aromatic nitrogens is 1. The van der Waals surface area contributed by atoms with Gasteiger partial charge in [0.05, 0.1) is 5.69 Å². The average molecular weight is 383 g/mol. The molecule has 138 valence electrons. The van der Waals surface area contributed by atoms with E-state index >= 15 is 0 Å². The van der Waals surface area contributed by atoms with Gasteiger partial charge in [-0.1, -0.05) is 36.4 Å². The maximum absolute atomic E-state index is 12.5. The Hall–Kier alpha value is -3.23. The van der Waals surface area contributed by atoms with Gasteiger partial charge in [0.25, 0.3) is 10.2 Å². The number of ether oxygens (including phenoxy) is 1. The SMILES string of the molecule is NS(=O)(=O)Nc1cc(C(=O)c2ccccn2)ccc1OCc1ccccc1. The van der Waals surface area contributed by atoms with Crippen LogP contribution in [-0.2, 0) is 16.8 Å². The van der Waals surface area contributed by atoms with Gasteiger partial charge in [0.1, 0.15) is 18.1 Å². The average Bonchev–Trinajstić information content (AvgIpc) is 2.66. The third-order valence-corrected chi connectivity index (χ3v) is 4.13. The van der Waals surface area contributed by atoms with E-state index in [2.05, 4.69) is 9.71 Å². The predicted octanol–water partition coefficient (Wildman–Crippen LogP) is 2.51. The lowest BCUT2D eigenvalue weighted by Crippen LogP contribution is -2.22. The molecule has 1 aromatic heterocycles. The first-order valence-electron chi connectivity index (χ1n) is 7.99. The van der Waals surface area contributed by atoms with E-state index < -0.39 is 10.2 Å². The molecule has 0 aliphatic heterocycles. The molecule has 0 atom stereocenters. The number of carbonyl (C=O) groups is 1.